The number of hydrogen-bond acceptors (Lipinski definition) is 1. The van der Waals surface area contributed by atoms with Crippen LogP contribution >= 0.6 is 0 Å². The van der Waals surface area contributed by atoms with Gasteiger partial charge in [-0.1, -0.05) is 18.2 Å². The lowest BCUT2D eigenvalue weighted by molar-refractivity contribution is -0.110. The summed E-state index contributed by atoms with van der Waals surface area (Å²) in [6, 6.07) is 10.4. The molecule has 2 nitrogen and oxygen atoms in total. The Balaban J connectivity index is 2.11. The number of rotatable bonds is 1. The minimum absolute atomic E-state index is 0.184. The summed E-state index contributed by atoms with van der Waals surface area (Å²) in [7, 11) is 0. The van der Waals surface area contributed by atoms with Gasteiger partial charge in [-0.15, -0.1) is 0 Å². The van der Waals surface area contributed by atoms with Crippen molar-refractivity contribution in [2.75, 3.05) is 5.32 Å². The van der Waals surface area contributed by atoms with Crippen molar-refractivity contribution in [1.82, 2.24) is 0 Å². The van der Waals surface area contributed by atoms with Crippen molar-refractivity contribution in [3.05, 3.63) is 65.2 Å². The summed E-state index contributed by atoms with van der Waals surface area (Å²) in [5.41, 5.74) is 1.97. The van der Waals surface area contributed by atoms with Crippen molar-refractivity contribution in [2.24, 2.45) is 0 Å². The fourth-order valence-corrected chi connectivity index (χ4v) is 2.06. The first-order valence-corrected chi connectivity index (χ1v) is 5.72. The van der Waals surface area contributed by atoms with E-state index in [-0.39, 0.29) is 11.5 Å². The summed E-state index contributed by atoms with van der Waals surface area (Å²) in [6.07, 6.45) is 1.43. The Morgan fingerprint density at radius 2 is 1.84 bits per heavy atom. The molecule has 1 heterocycles. The summed E-state index contributed by atoms with van der Waals surface area (Å²) in [4.78, 5) is 11.8. The first kappa shape index (κ1) is 11.6. The minimum Gasteiger partial charge on any atom is -0.321 e. The van der Waals surface area contributed by atoms with Crippen molar-refractivity contribution in [1.29, 1.82) is 0 Å². The molecule has 0 unspecified atom stereocenters. The lowest BCUT2D eigenvalue weighted by Gasteiger charge is -2.00. The van der Waals surface area contributed by atoms with E-state index in [2.05, 4.69) is 5.32 Å². The van der Waals surface area contributed by atoms with E-state index in [9.17, 15) is 13.6 Å². The molecule has 94 valence electrons. The van der Waals surface area contributed by atoms with Crippen LogP contribution in [0.5, 0.6) is 0 Å². The van der Waals surface area contributed by atoms with Gasteiger partial charge in [-0.25, -0.2) is 8.78 Å². The normalized spacial score (nSPS) is 15.5. The van der Waals surface area contributed by atoms with Crippen molar-refractivity contribution in [3.63, 3.8) is 0 Å². The van der Waals surface area contributed by atoms with Gasteiger partial charge in [0, 0.05) is 28.5 Å². The standard InChI is InChI=1S/C15H9F2NO/c16-10-6-5-9(13(17)8-10)7-12-11-3-1-2-4-14(11)18-15(12)19/h1-8H,(H,18,19)/b12-7+. The molecule has 1 amide bonds. The third-order valence-electron chi connectivity index (χ3n) is 2.97. The maximum Gasteiger partial charge on any atom is 0.256 e. The third-order valence-corrected chi connectivity index (χ3v) is 2.97. The Hall–Kier alpha value is -2.49. The van der Waals surface area contributed by atoms with Crippen LogP contribution in [0.3, 0.4) is 0 Å². The number of benzene rings is 2. The SMILES string of the molecule is O=C1Nc2ccccc2/C1=C\c1ccc(F)cc1F. The van der Waals surface area contributed by atoms with Gasteiger partial charge in [0.1, 0.15) is 11.6 Å². The molecule has 2 aromatic rings. The second-order valence-electron chi connectivity index (χ2n) is 4.22. The Morgan fingerprint density at radius 3 is 2.63 bits per heavy atom. The molecule has 0 aliphatic carbocycles. The second kappa shape index (κ2) is 4.31. The number of nitrogens with one attached hydrogen (secondary N) is 1. The number of halogens is 2. The highest BCUT2D eigenvalue weighted by Gasteiger charge is 2.23. The first-order chi connectivity index (χ1) is 9.15. The van der Waals surface area contributed by atoms with Gasteiger partial charge in [-0.05, 0) is 24.3 Å². The molecular weight excluding hydrogens is 248 g/mol. The zero-order valence-electron chi connectivity index (χ0n) is 9.78. The van der Waals surface area contributed by atoms with Crippen LogP contribution in [0, 0.1) is 11.6 Å². The lowest BCUT2D eigenvalue weighted by atomic mass is 10.0. The maximum atomic E-state index is 13.6. The largest absolute Gasteiger partial charge is 0.321 e. The fraction of sp³-hybridized carbons (Fsp3) is 0. The zero-order chi connectivity index (χ0) is 13.4. The van der Waals surface area contributed by atoms with Crippen LogP contribution in [-0.4, -0.2) is 5.91 Å². The van der Waals surface area contributed by atoms with Gasteiger partial charge in [0.05, 0.1) is 0 Å². The molecule has 0 spiro atoms. The molecule has 0 bridgehead atoms. The van der Waals surface area contributed by atoms with Gasteiger partial charge in [0.25, 0.3) is 5.91 Å². The predicted molar refractivity (Wildman–Crippen MR) is 69.3 cm³/mol. The van der Waals surface area contributed by atoms with Crippen LogP contribution in [0.4, 0.5) is 14.5 Å². The van der Waals surface area contributed by atoms with E-state index in [0.29, 0.717) is 11.3 Å². The number of fused-ring (bicyclic) bond motifs is 1. The van der Waals surface area contributed by atoms with E-state index in [4.69, 9.17) is 0 Å². The monoisotopic (exact) mass is 257 g/mol. The molecule has 19 heavy (non-hydrogen) atoms. The van der Waals surface area contributed by atoms with Gasteiger partial charge >= 0.3 is 0 Å². The highest BCUT2D eigenvalue weighted by Crippen LogP contribution is 2.32. The quantitative estimate of drug-likeness (QED) is 0.779. The summed E-state index contributed by atoms with van der Waals surface area (Å²) in [6.45, 7) is 0. The molecule has 1 aliphatic rings. The van der Waals surface area contributed by atoms with Crippen LogP contribution in [0.15, 0.2) is 42.5 Å². The molecule has 0 fully saturated rings. The van der Waals surface area contributed by atoms with Crippen molar-refractivity contribution >= 4 is 23.2 Å². The van der Waals surface area contributed by atoms with Gasteiger partial charge in [0.2, 0.25) is 0 Å². The fourth-order valence-electron chi connectivity index (χ4n) is 2.06. The van der Waals surface area contributed by atoms with Crippen LogP contribution < -0.4 is 5.32 Å². The van der Waals surface area contributed by atoms with Crippen molar-refractivity contribution in [3.8, 4) is 0 Å². The van der Waals surface area contributed by atoms with Crippen LogP contribution in [0.2, 0.25) is 0 Å². The molecule has 0 radical (unpaired) electrons. The van der Waals surface area contributed by atoms with Gasteiger partial charge < -0.3 is 5.32 Å². The number of carbonyl (C=O) groups is 1. The van der Waals surface area contributed by atoms with Crippen molar-refractivity contribution in [2.45, 2.75) is 0 Å². The first-order valence-electron chi connectivity index (χ1n) is 5.72. The van der Waals surface area contributed by atoms with Crippen LogP contribution in [0.25, 0.3) is 11.6 Å². The molecule has 1 N–H and O–H groups in total. The molecule has 3 rings (SSSR count). The molecule has 4 heteroatoms. The van der Waals surface area contributed by atoms with Gasteiger partial charge in [0.15, 0.2) is 0 Å². The molecule has 0 aromatic heterocycles. The number of carbonyl (C=O) groups excluding carboxylic acids is 1. The number of amides is 1. The molecular formula is C15H9F2NO. The third kappa shape index (κ3) is 2.01. The second-order valence-corrected chi connectivity index (χ2v) is 4.22. The summed E-state index contributed by atoms with van der Waals surface area (Å²) in [5.74, 6) is -1.62. The van der Waals surface area contributed by atoms with Crippen molar-refractivity contribution < 1.29 is 13.6 Å². The average molecular weight is 257 g/mol. The van der Waals surface area contributed by atoms with Gasteiger partial charge in [-0.3, -0.25) is 4.79 Å². The topological polar surface area (TPSA) is 29.1 Å². The smallest absolute Gasteiger partial charge is 0.256 e. The summed E-state index contributed by atoms with van der Waals surface area (Å²) >= 11 is 0. The molecule has 0 saturated heterocycles. The maximum absolute atomic E-state index is 13.6. The minimum atomic E-state index is -0.690. The van der Waals surface area contributed by atoms with E-state index in [1.807, 2.05) is 0 Å². The zero-order valence-corrected chi connectivity index (χ0v) is 9.78. The van der Waals surface area contributed by atoms with E-state index in [1.54, 1.807) is 24.3 Å². The Kier molecular flexibility index (Phi) is 2.63. The summed E-state index contributed by atoms with van der Waals surface area (Å²) < 4.78 is 26.4. The number of anilines is 1. The van der Waals surface area contributed by atoms with Gasteiger partial charge in [-0.2, -0.15) is 0 Å². The molecule has 0 saturated carbocycles. The average Bonchev–Trinajstić information content (AvgIpc) is 2.69. The highest BCUT2D eigenvalue weighted by molar-refractivity contribution is 6.34. The Bertz CT molecular complexity index is 707. The lowest BCUT2D eigenvalue weighted by Crippen LogP contribution is -2.03. The van der Waals surface area contributed by atoms with E-state index in [1.165, 1.54) is 12.1 Å². The predicted octanol–water partition coefficient (Wildman–Crippen LogP) is 3.46. The van der Waals surface area contributed by atoms with Crippen LogP contribution in [-0.2, 0) is 4.79 Å². The number of para-hydroxylation sites is 1. The number of hydrogen-bond donors (Lipinski definition) is 1. The molecule has 1 aliphatic heterocycles. The highest BCUT2D eigenvalue weighted by atomic mass is 19.1. The van der Waals surface area contributed by atoms with E-state index >= 15 is 0 Å². The molecule has 2 aromatic carbocycles. The Labute approximate surface area is 108 Å². The van der Waals surface area contributed by atoms with E-state index < -0.39 is 11.6 Å². The Morgan fingerprint density at radius 1 is 1.05 bits per heavy atom. The van der Waals surface area contributed by atoms with E-state index in [0.717, 1.165) is 17.7 Å². The van der Waals surface area contributed by atoms with Crippen LogP contribution in [0.1, 0.15) is 11.1 Å². The summed E-state index contributed by atoms with van der Waals surface area (Å²) in [5, 5.41) is 2.69. The molecule has 0 atom stereocenters.